The van der Waals surface area contributed by atoms with Gasteiger partial charge in [-0.1, -0.05) is 54.6 Å². The molecule has 0 spiro atoms. The summed E-state index contributed by atoms with van der Waals surface area (Å²) in [5, 5.41) is 8.17. The molecule has 0 atom stereocenters. The third-order valence-electron chi connectivity index (χ3n) is 9.64. The summed E-state index contributed by atoms with van der Waals surface area (Å²) in [6.07, 6.45) is 6.01. The summed E-state index contributed by atoms with van der Waals surface area (Å²) < 4.78 is 14.3. The zero-order valence-corrected chi connectivity index (χ0v) is 35.3. The molecule has 9 nitrogen and oxygen atoms in total. The minimum atomic E-state index is -0.111. The predicted molar refractivity (Wildman–Crippen MR) is 233 cm³/mol. The maximum Gasteiger partial charge on any atom is 0.243 e. The van der Waals surface area contributed by atoms with Crippen molar-refractivity contribution in [2.24, 2.45) is 0 Å². The highest BCUT2D eigenvalue weighted by Gasteiger charge is 2.24. The summed E-state index contributed by atoms with van der Waals surface area (Å²) in [6, 6.07) is 31.1. The predicted octanol–water partition coefficient (Wildman–Crippen LogP) is 9.36. The van der Waals surface area contributed by atoms with Gasteiger partial charge in [-0.3, -0.25) is 9.69 Å². The Kier molecular flexibility index (Phi) is 13.6. The number of methoxy groups -OCH3 is 2. The number of ether oxygens (including phenoxy) is 2. The van der Waals surface area contributed by atoms with Gasteiger partial charge in [0.1, 0.15) is 17.1 Å². The zero-order valence-electron chi connectivity index (χ0n) is 33.6. The number of rotatable bonds is 19. The van der Waals surface area contributed by atoms with E-state index in [0.29, 0.717) is 0 Å². The number of nitrogens with one attached hydrogen (secondary N) is 1. The van der Waals surface area contributed by atoms with Crippen LogP contribution in [0.15, 0.2) is 110 Å². The molecule has 0 fully saturated rings. The van der Waals surface area contributed by atoms with Gasteiger partial charge in [0.05, 0.1) is 25.6 Å². The zero-order chi connectivity index (χ0) is 39.7. The van der Waals surface area contributed by atoms with Crippen molar-refractivity contribution in [3.05, 3.63) is 126 Å². The van der Waals surface area contributed by atoms with Crippen molar-refractivity contribution in [1.82, 2.24) is 29.4 Å². The van der Waals surface area contributed by atoms with Crippen molar-refractivity contribution in [1.29, 1.82) is 0 Å². The molecule has 0 radical (unpaired) electrons. The fourth-order valence-corrected chi connectivity index (χ4v) is 8.45. The van der Waals surface area contributed by atoms with E-state index in [2.05, 4.69) is 108 Å². The van der Waals surface area contributed by atoms with Crippen LogP contribution >= 0.6 is 23.5 Å². The number of carbonyl (C=O) groups is 1. The number of imidazole rings is 1. The number of hydrogen-bond donors (Lipinski definition) is 1. The molecule has 0 amide bonds. The van der Waals surface area contributed by atoms with Crippen LogP contribution in [0.1, 0.15) is 56.1 Å². The van der Waals surface area contributed by atoms with Crippen molar-refractivity contribution in [3.8, 4) is 34.0 Å². The molecule has 0 unspecified atom stereocenters. The Labute approximate surface area is 340 Å². The van der Waals surface area contributed by atoms with Crippen LogP contribution in [0, 0.1) is 0 Å². The molecule has 0 saturated carbocycles. The normalized spacial score (nSPS) is 12.1. The first-order valence-electron chi connectivity index (χ1n) is 19.0. The number of fused-ring (bicyclic) bond motifs is 1. The average molecular weight is 791 g/mol. The van der Waals surface area contributed by atoms with Gasteiger partial charge in [-0.05, 0) is 80.8 Å². The van der Waals surface area contributed by atoms with Crippen LogP contribution in [0.25, 0.3) is 28.2 Å². The van der Waals surface area contributed by atoms with Crippen LogP contribution in [0.5, 0.6) is 11.5 Å². The molecular weight excluding hydrogens is 737 g/mol. The van der Waals surface area contributed by atoms with E-state index in [4.69, 9.17) is 14.5 Å². The van der Waals surface area contributed by atoms with E-state index in [9.17, 15) is 4.79 Å². The van der Waals surface area contributed by atoms with E-state index in [-0.39, 0.29) is 15.4 Å². The van der Waals surface area contributed by atoms with Gasteiger partial charge in [0.2, 0.25) is 5.91 Å². The molecule has 0 aliphatic carbocycles. The lowest BCUT2D eigenvalue weighted by Crippen LogP contribution is -2.42. The minimum absolute atomic E-state index is 0.0239. The maximum atomic E-state index is 11.7. The minimum Gasteiger partial charge on any atom is -0.497 e. The second-order valence-electron chi connectivity index (χ2n) is 15.4. The number of hydrogen-bond acceptors (Lipinski definition) is 9. The van der Waals surface area contributed by atoms with E-state index in [0.717, 1.165) is 83.9 Å². The van der Waals surface area contributed by atoms with Gasteiger partial charge in [0.15, 0.2) is 0 Å². The second kappa shape index (κ2) is 18.6. The maximum absolute atomic E-state index is 11.7. The lowest BCUT2D eigenvalue weighted by Gasteiger charge is -2.33. The molecule has 3 aromatic carbocycles. The van der Waals surface area contributed by atoms with Crippen LogP contribution in [0.2, 0.25) is 0 Å². The molecule has 0 aliphatic rings. The third kappa shape index (κ3) is 11.5. The summed E-state index contributed by atoms with van der Waals surface area (Å²) in [5.74, 6) is 3.56. The SMILES string of the molecule is COc1ccc(CSC(C)(C)CNCCN(Cc2ccc3nc(-c4ccc(-c5ccn(C(C)=O)n5)cc4)cn3c2)CC(C)(C)SCc2ccc(OC)cc2)cc1. The lowest BCUT2D eigenvalue weighted by atomic mass is 10.1. The van der Waals surface area contributed by atoms with Gasteiger partial charge in [-0.25, -0.2) is 9.67 Å². The molecule has 0 saturated heterocycles. The van der Waals surface area contributed by atoms with Crippen LogP contribution in [0.3, 0.4) is 0 Å². The van der Waals surface area contributed by atoms with Crippen LogP contribution in [-0.4, -0.2) is 79.9 Å². The number of benzene rings is 3. The van der Waals surface area contributed by atoms with Crippen LogP contribution in [0.4, 0.5) is 0 Å². The van der Waals surface area contributed by atoms with Gasteiger partial charge in [0, 0.05) is 90.4 Å². The first-order chi connectivity index (χ1) is 26.9. The number of pyridine rings is 1. The molecule has 0 aliphatic heterocycles. The molecule has 1 N–H and O–H groups in total. The fourth-order valence-electron chi connectivity index (χ4n) is 6.47. The Morgan fingerprint density at radius 3 is 1.88 bits per heavy atom. The third-order valence-corrected chi connectivity index (χ3v) is 12.4. The molecular formula is C45H54N6O3S2. The Balaban J connectivity index is 1.11. The van der Waals surface area contributed by atoms with Gasteiger partial charge in [-0.2, -0.15) is 5.10 Å². The second-order valence-corrected chi connectivity index (χ2v) is 18.7. The topological polar surface area (TPSA) is 85.9 Å². The fraction of sp³-hybridized carbons (Fsp3) is 0.356. The Morgan fingerprint density at radius 2 is 1.30 bits per heavy atom. The van der Waals surface area contributed by atoms with Crippen molar-refractivity contribution < 1.29 is 14.3 Å². The number of aromatic nitrogens is 4. The number of nitrogens with zero attached hydrogens (tertiary/aromatic N) is 5. The highest BCUT2D eigenvalue weighted by Crippen LogP contribution is 2.31. The van der Waals surface area contributed by atoms with E-state index in [1.807, 2.05) is 66.0 Å². The van der Waals surface area contributed by atoms with Gasteiger partial charge >= 0.3 is 0 Å². The van der Waals surface area contributed by atoms with Crippen molar-refractivity contribution in [2.45, 2.75) is 62.2 Å². The molecule has 56 heavy (non-hydrogen) atoms. The van der Waals surface area contributed by atoms with E-state index in [1.54, 1.807) is 20.4 Å². The van der Waals surface area contributed by atoms with Crippen molar-refractivity contribution >= 4 is 35.1 Å². The standard InChI is InChI=1S/C45H54N6O3S2/c1-33(52)51-24-22-41(48-51)37-13-15-38(16-14-37)42-28-50-27-36(12-21-43(50)47-42)26-49(32-45(4,5)56-30-35-10-19-40(54-7)20-11-35)25-23-46-31-44(2,3)55-29-34-8-17-39(53-6)18-9-34/h8-22,24,27-28,46H,23,25-26,29-32H2,1-7H3. The molecule has 294 valence electrons. The van der Waals surface area contributed by atoms with Crippen molar-refractivity contribution in [2.75, 3.05) is 40.4 Å². The molecule has 3 heterocycles. The summed E-state index contributed by atoms with van der Waals surface area (Å²) in [4.78, 5) is 19.2. The summed E-state index contributed by atoms with van der Waals surface area (Å²) in [5.41, 5.74) is 8.41. The quantitative estimate of drug-likeness (QED) is 0.0807. The Hall–Kier alpha value is -4.55. The summed E-state index contributed by atoms with van der Waals surface area (Å²) in [6.45, 7) is 15.4. The first kappa shape index (κ1) is 41.1. The Morgan fingerprint density at radius 1 is 0.732 bits per heavy atom. The highest BCUT2D eigenvalue weighted by atomic mass is 32.2. The van der Waals surface area contributed by atoms with E-state index < -0.39 is 0 Å². The molecule has 11 heteroatoms. The smallest absolute Gasteiger partial charge is 0.243 e. The molecule has 3 aromatic heterocycles. The molecule has 0 bridgehead atoms. The lowest BCUT2D eigenvalue weighted by molar-refractivity contribution is 0.0921. The average Bonchev–Trinajstić information content (AvgIpc) is 3.87. The van der Waals surface area contributed by atoms with Crippen molar-refractivity contribution in [3.63, 3.8) is 0 Å². The van der Waals surface area contributed by atoms with Crippen LogP contribution in [-0.2, 0) is 18.1 Å². The first-order valence-corrected chi connectivity index (χ1v) is 21.0. The summed E-state index contributed by atoms with van der Waals surface area (Å²) in [7, 11) is 3.41. The van der Waals surface area contributed by atoms with Crippen LogP contribution < -0.4 is 14.8 Å². The number of carbonyl (C=O) groups excluding carboxylic acids is 1. The number of thioether (sulfide) groups is 2. The van der Waals surface area contributed by atoms with Gasteiger partial charge in [-0.15, -0.1) is 23.5 Å². The van der Waals surface area contributed by atoms with Gasteiger partial charge in [0.25, 0.3) is 0 Å². The summed E-state index contributed by atoms with van der Waals surface area (Å²) >= 11 is 3.97. The molecule has 6 aromatic rings. The van der Waals surface area contributed by atoms with Gasteiger partial charge < -0.3 is 19.2 Å². The van der Waals surface area contributed by atoms with E-state index in [1.165, 1.54) is 28.3 Å². The Bertz CT molecular complexity index is 2180. The monoisotopic (exact) mass is 790 g/mol. The highest BCUT2D eigenvalue weighted by molar-refractivity contribution is 8.00. The largest absolute Gasteiger partial charge is 0.497 e. The molecule has 6 rings (SSSR count). The van der Waals surface area contributed by atoms with E-state index >= 15 is 0 Å².